The maximum absolute atomic E-state index is 6.22. The van der Waals surface area contributed by atoms with Crippen LogP contribution in [-0.2, 0) is 13.5 Å². The van der Waals surface area contributed by atoms with Crippen LogP contribution < -0.4 is 15.2 Å². The van der Waals surface area contributed by atoms with Crippen molar-refractivity contribution in [1.82, 2.24) is 14.8 Å². The third kappa shape index (κ3) is 2.85. The summed E-state index contributed by atoms with van der Waals surface area (Å²) in [5, 5.41) is 4.03. The van der Waals surface area contributed by atoms with Gasteiger partial charge in [0.15, 0.2) is 0 Å². The van der Waals surface area contributed by atoms with Crippen LogP contribution in [0.25, 0.3) is 0 Å². The molecule has 6 heteroatoms. The molecule has 1 atom stereocenters. The van der Waals surface area contributed by atoms with Crippen LogP contribution in [0, 0.1) is 0 Å². The predicted octanol–water partition coefficient (Wildman–Crippen LogP) is 1.07. The molecule has 1 aromatic carbocycles. The van der Waals surface area contributed by atoms with Crippen molar-refractivity contribution in [1.29, 1.82) is 0 Å². The number of ether oxygens (including phenoxy) is 2. The highest BCUT2D eigenvalue weighted by Gasteiger charge is 2.15. The highest BCUT2D eigenvalue weighted by Crippen LogP contribution is 2.29. The molecule has 0 fully saturated rings. The normalized spacial score (nSPS) is 12.2. The van der Waals surface area contributed by atoms with E-state index in [1.165, 1.54) is 6.33 Å². The van der Waals surface area contributed by atoms with Crippen LogP contribution in [0.5, 0.6) is 11.5 Å². The molecule has 2 N–H and O–H groups in total. The first-order valence-electron chi connectivity index (χ1n) is 5.96. The van der Waals surface area contributed by atoms with Crippen molar-refractivity contribution in [3.63, 3.8) is 0 Å². The molecule has 0 radical (unpaired) electrons. The van der Waals surface area contributed by atoms with Gasteiger partial charge in [-0.15, -0.1) is 0 Å². The lowest BCUT2D eigenvalue weighted by Crippen LogP contribution is -2.17. The number of nitrogens with two attached hydrogens (primary N) is 1. The summed E-state index contributed by atoms with van der Waals surface area (Å²) in [6, 6.07) is 5.41. The highest BCUT2D eigenvalue weighted by atomic mass is 16.5. The molecule has 2 rings (SSSR count). The first-order valence-corrected chi connectivity index (χ1v) is 5.96. The Hall–Kier alpha value is -2.08. The maximum Gasteiger partial charge on any atom is 0.138 e. The molecular formula is C13H18N4O2. The smallest absolute Gasteiger partial charge is 0.138 e. The Morgan fingerprint density at radius 2 is 2.11 bits per heavy atom. The van der Waals surface area contributed by atoms with Crippen LogP contribution >= 0.6 is 0 Å². The van der Waals surface area contributed by atoms with Crippen LogP contribution in [0.1, 0.15) is 17.4 Å². The Bertz CT molecular complexity index is 553. The molecule has 1 unspecified atom stereocenters. The third-order valence-electron chi connectivity index (χ3n) is 3.05. The van der Waals surface area contributed by atoms with Gasteiger partial charge in [-0.25, -0.2) is 4.98 Å². The molecule has 0 bridgehead atoms. The zero-order valence-electron chi connectivity index (χ0n) is 11.3. The molecule has 6 nitrogen and oxygen atoms in total. The van der Waals surface area contributed by atoms with Gasteiger partial charge in [0.1, 0.15) is 23.7 Å². The first kappa shape index (κ1) is 13.4. The van der Waals surface area contributed by atoms with Crippen molar-refractivity contribution in [2.45, 2.75) is 12.5 Å². The molecule has 0 aliphatic heterocycles. The maximum atomic E-state index is 6.22. The number of hydrogen-bond donors (Lipinski definition) is 1. The number of aryl methyl sites for hydroxylation is 1. The second-order valence-corrected chi connectivity index (χ2v) is 4.22. The van der Waals surface area contributed by atoms with Gasteiger partial charge in [0.05, 0.1) is 14.2 Å². The van der Waals surface area contributed by atoms with Crippen LogP contribution in [0.3, 0.4) is 0 Å². The molecule has 0 amide bonds. The molecule has 102 valence electrons. The van der Waals surface area contributed by atoms with Gasteiger partial charge in [-0.3, -0.25) is 4.68 Å². The summed E-state index contributed by atoms with van der Waals surface area (Å²) in [6.45, 7) is 0. The average molecular weight is 262 g/mol. The number of aromatic nitrogens is 3. The van der Waals surface area contributed by atoms with E-state index in [9.17, 15) is 0 Å². The van der Waals surface area contributed by atoms with E-state index in [-0.39, 0.29) is 6.04 Å². The van der Waals surface area contributed by atoms with Crippen LogP contribution in [0.2, 0.25) is 0 Å². The highest BCUT2D eigenvalue weighted by molar-refractivity contribution is 5.42. The quantitative estimate of drug-likeness (QED) is 0.872. The minimum atomic E-state index is -0.205. The molecule has 0 aliphatic carbocycles. The number of hydrogen-bond acceptors (Lipinski definition) is 5. The summed E-state index contributed by atoms with van der Waals surface area (Å²) in [4.78, 5) is 4.18. The minimum absolute atomic E-state index is 0.205. The standard InChI is InChI=1S/C13H18N4O2/c1-17-13(15-8-16-17)7-11(14)10-5-4-9(18-2)6-12(10)19-3/h4-6,8,11H,7,14H2,1-3H3. The zero-order valence-corrected chi connectivity index (χ0v) is 11.3. The van der Waals surface area contributed by atoms with Crippen molar-refractivity contribution in [3.05, 3.63) is 35.9 Å². The van der Waals surface area contributed by atoms with E-state index in [1.54, 1.807) is 18.9 Å². The fourth-order valence-electron chi connectivity index (χ4n) is 1.94. The fourth-order valence-corrected chi connectivity index (χ4v) is 1.94. The monoisotopic (exact) mass is 262 g/mol. The second kappa shape index (κ2) is 5.71. The molecule has 0 aliphatic rings. The lowest BCUT2D eigenvalue weighted by atomic mass is 10.0. The Morgan fingerprint density at radius 3 is 2.68 bits per heavy atom. The van der Waals surface area contributed by atoms with Crippen molar-refractivity contribution in [2.75, 3.05) is 14.2 Å². The number of nitrogens with zero attached hydrogens (tertiary/aromatic N) is 3. The number of methoxy groups -OCH3 is 2. The van der Waals surface area contributed by atoms with Gasteiger partial charge in [0.25, 0.3) is 0 Å². The van der Waals surface area contributed by atoms with Gasteiger partial charge in [-0.05, 0) is 6.07 Å². The van der Waals surface area contributed by atoms with Crippen molar-refractivity contribution >= 4 is 0 Å². The van der Waals surface area contributed by atoms with E-state index in [0.717, 1.165) is 17.1 Å². The molecular weight excluding hydrogens is 244 g/mol. The largest absolute Gasteiger partial charge is 0.497 e. The summed E-state index contributed by atoms with van der Waals surface area (Å²) in [6.07, 6.45) is 2.12. The van der Waals surface area contributed by atoms with E-state index in [0.29, 0.717) is 12.2 Å². The number of rotatable bonds is 5. The van der Waals surface area contributed by atoms with Crippen LogP contribution in [0.15, 0.2) is 24.5 Å². The molecule has 0 spiro atoms. The van der Waals surface area contributed by atoms with E-state index >= 15 is 0 Å². The van der Waals surface area contributed by atoms with E-state index < -0.39 is 0 Å². The van der Waals surface area contributed by atoms with E-state index in [2.05, 4.69) is 10.1 Å². The SMILES string of the molecule is COc1ccc(C(N)Cc2ncnn2C)c(OC)c1. The van der Waals surface area contributed by atoms with Crippen molar-refractivity contribution < 1.29 is 9.47 Å². The van der Waals surface area contributed by atoms with Gasteiger partial charge in [-0.2, -0.15) is 5.10 Å². The molecule has 1 aromatic heterocycles. The lowest BCUT2D eigenvalue weighted by molar-refractivity contribution is 0.388. The third-order valence-corrected chi connectivity index (χ3v) is 3.05. The summed E-state index contributed by atoms with van der Waals surface area (Å²) in [7, 11) is 5.08. The topological polar surface area (TPSA) is 75.2 Å². The molecule has 2 aromatic rings. The van der Waals surface area contributed by atoms with Gasteiger partial charge < -0.3 is 15.2 Å². The van der Waals surface area contributed by atoms with Crippen LogP contribution in [0.4, 0.5) is 0 Å². The summed E-state index contributed by atoms with van der Waals surface area (Å²) in [5.74, 6) is 2.30. The Morgan fingerprint density at radius 1 is 1.32 bits per heavy atom. The second-order valence-electron chi connectivity index (χ2n) is 4.22. The fraction of sp³-hybridized carbons (Fsp3) is 0.385. The van der Waals surface area contributed by atoms with Gasteiger partial charge in [0, 0.05) is 31.1 Å². The first-order chi connectivity index (χ1) is 9.15. The Kier molecular flexibility index (Phi) is 4.01. The average Bonchev–Trinajstić information content (AvgIpc) is 2.83. The zero-order chi connectivity index (χ0) is 13.8. The lowest BCUT2D eigenvalue weighted by Gasteiger charge is -2.16. The van der Waals surface area contributed by atoms with Gasteiger partial charge in [-0.1, -0.05) is 6.07 Å². The van der Waals surface area contributed by atoms with Gasteiger partial charge >= 0.3 is 0 Å². The van der Waals surface area contributed by atoms with E-state index in [1.807, 2.05) is 25.2 Å². The van der Waals surface area contributed by atoms with Crippen LogP contribution in [-0.4, -0.2) is 29.0 Å². The molecule has 1 heterocycles. The van der Waals surface area contributed by atoms with E-state index in [4.69, 9.17) is 15.2 Å². The summed E-state index contributed by atoms with van der Waals surface area (Å²) in [5.41, 5.74) is 7.14. The molecule has 0 saturated heterocycles. The molecule has 0 saturated carbocycles. The predicted molar refractivity (Wildman–Crippen MR) is 71.2 cm³/mol. The summed E-state index contributed by atoms with van der Waals surface area (Å²) >= 11 is 0. The Labute approximate surface area is 112 Å². The van der Waals surface area contributed by atoms with Crippen molar-refractivity contribution in [2.24, 2.45) is 12.8 Å². The van der Waals surface area contributed by atoms with Gasteiger partial charge in [0.2, 0.25) is 0 Å². The Balaban J connectivity index is 2.23. The van der Waals surface area contributed by atoms with Crippen molar-refractivity contribution in [3.8, 4) is 11.5 Å². The number of benzene rings is 1. The molecule has 19 heavy (non-hydrogen) atoms. The minimum Gasteiger partial charge on any atom is -0.497 e. The summed E-state index contributed by atoms with van der Waals surface area (Å²) < 4.78 is 12.2.